The highest BCUT2D eigenvalue weighted by molar-refractivity contribution is 8.00. The molecule has 1 aliphatic heterocycles. The lowest BCUT2D eigenvalue weighted by Crippen LogP contribution is -2.44. The van der Waals surface area contributed by atoms with Crippen molar-refractivity contribution in [3.63, 3.8) is 0 Å². The number of benzene rings is 1. The molecule has 0 radical (unpaired) electrons. The Hall–Kier alpha value is -2.29. The van der Waals surface area contributed by atoms with Gasteiger partial charge in [0.15, 0.2) is 5.69 Å². The molecule has 5 nitrogen and oxygen atoms in total. The number of hydrogen-bond acceptors (Lipinski definition) is 4. The average Bonchev–Trinajstić information content (AvgIpc) is 2.86. The van der Waals surface area contributed by atoms with E-state index in [1.165, 1.54) is 19.2 Å². The molecule has 2 aromatic rings. The highest BCUT2D eigenvalue weighted by atomic mass is 32.2. The summed E-state index contributed by atoms with van der Waals surface area (Å²) in [5.74, 6) is -1.18. The van der Waals surface area contributed by atoms with Crippen molar-refractivity contribution in [3.05, 3.63) is 36.0 Å². The van der Waals surface area contributed by atoms with Crippen molar-refractivity contribution >= 4 is 29.4 Å². The smallest absolute Gasteiger partial charge is 0.273 e. The minimum absolute atomic E-state index is 0.0342. The minimum atomic E-state index is -4.71. The van der Waals surface area contributed by atoms with Gasteiger partial charge < -0.3 is 0 Å². The van der Waals surface area contributed by atoms with E-state index < -0.39 is 23.7 Å². The Morgan fingerprint density at radius 3 is 2.21 bits per heavy atom. The topological polar surface area (TPSA) is 55.2 Å². The first-order valence-electron chi connectivity index (χ1n) is 6.94. The fourth-order valence-electron chi connectivity index (χ4n) is 2.57. The molecule has 0 bridgehead atoms. The molecule has 1 saturated heterocycles. The maximum atomic E-state index is 13.4. The first kappa shape index (κ1) is 16.6. The molecule has 2 heterocycles. The number of aromatic nitrogens is 2. The van der Waals surface area contributed by atoms with Crippen molar-refractivity contribution < 1.29 is 22.8 Å². The van der Waals surface area contributed by atoms with Gasteiger partial charge >= 0.3 is 6.18 Å². The quantitative estimate of drug-likeness (QED) is 0.778. The van der Waals surface area contributed by atoms with E-state index in [9.17, 15) is 22.8 Å². The van der Waals surface area contributed by atoms with Gasteiger partial charge in [-0.1, -0.05) is 30.3 Å². The summed E-state index contributed by atoms with van der Waals surface area (Å²) < 4.78 is 41.2. The lowest BCUT2D eigenvalue weighted by molar-refractivity contribution is -0.141. The fourth-order valence-corrected chi connectivity index (χ4v) is 3.28. The molecule has 1 aromatic heterocycles. The number of carbonyl (C=O) groups excluding carboxylic acids is 2. The molecule has 0 aliphatic carbocycles. The van der Waals surface area contributed by atoms with Crippen LogP contribution in [0.3, 0.4) is 0 Å². The molecule has 0 N–H and O–H groups in total. The van der Waals surface area contributed by atoms with E-state index in [4.69, 9.17) is 0 Å². The summed E-state index contributed by atoms with van der Waals surface area (Å²) in [7, 11) is 1.29. The van der Waals surface area contributed by atoms with Crippen LogP contribution in [0.1, 0.15) is 5.69 Å². The van der Waals surface area contributed by atoms with Gasteiger partial charge in [-0.05, 0) is 5.56 Å². The van der Waals surface area contributed by atoms with Crippen molar-refractivity contribution in [1.82, 2.24) is 9.78 Å². The standard InChI is InChI=1S/C15H12F3N3O2S/c1-20-14(21-10(22)7-24-8-11(21)23)12(9-5-3-2-4-6-9)13(19-20)15(16,17)18/h2-6H,7-8H2,1H3. The Balaban J connectivity index is 2.28. The highest BCUT2D eigenvalue weighted by Gasteiger charge is 2.42. The second-order valence-electron chi connectivity index (χ2n) is 5.15. The molecule has 1 fully saturated rings. The number of amides is 2. The number of nitrogens with zero attached hydrogens (tertiary/aromatic N) is 3. The SMILES string of the molecule is Cn1nc(C(F)(F)F)c(-c2ccccc2)c1N1C(=O)CSCC1=O. The molecule has 24 heavy (non-hydrogen) atoms. The molecular formula is C15H12F3N3O2S. The summed E-state index contributed by atoms with van der Waals surface area (Å²) in [6.45, 7) is 0. The van der Waals surface area contributed by atoms with Crippen LogP contribution in [-0.4, -0.2) is 33.1 Å². The Labute approximate surface area is 139 Å². The summed E-state index contributed by atoms with van der Waals surface area (Å²) in [6, 6.07) is 7.82. The van der Waals surface area contributed by atoms with Gasteiger partial charge in [0.1, 0.15) is 5.82 Å². The Morgan fingerprint density at radius 2 is 1.67 bits per heavy atom. The van der Waals surface area contributed by atoms with Crippen LogP contribution < -0.4 is 4.90 Å². The third-order valence-electron chi connectivity index (χ3n) is 3.51. The van der Waals surface area contributed by atoms with Crippen LogP contribution in [0.4, 0.5) is 19.0 Å². The Bertz CT molecular complexity index is 786. The van der Waals surface area contributed by atoms with Gasteiger partial charge in [0.2, 0.25) is 11.8 Å². The number of alkyl halides is 3. The molecule has 126 valence electrons. The summed E-state index contributed by atoms with van der Waals surface area (Å²) in [5, 5.41) is 3.54. The van der Waals surface area contributed by atoms with Crippen LogP contribution in [-0.2, 0) is 22.8 Å². The molecule has 0 spiro atoms. The second kappa shape index (κ2) is 5.97. The van der Waals surface area contributed by atoms with Gasteiger partial charge in [-0.15, -0.1) is 11.8 Å². The number of imide groups is 1. The summed E-state index contributed by atoms with van der Waals surface area (Å²) in [4.78, 5) is 25.1. The minimum Gasteiger partial charge on any atom is -0.273 e. The van der Waals surface area contributed by atoms with Gasteiger partial charge in [-0.3, -0.25) is 14.3 Å². The van der Waals surface area contributed by atoms with Crippen LogP contribution in [0.25, 0.3) is 11.1 Å². The van der Waals surface area contributed by atoms with Crippen LogP contribution >= 0.6 is 11.8 Å². The summed E-state index contributed by atoms with van der Waals surface area (Å²) >= 11 is 1.14. The van der Waals surface area contributed by atoms with Crippen molar-refractivity contribution in [2.75, 3.05) is 16.4 Å². The molecule has 1 aliphatic rings. The second-order valence-corrected chi connectivity index (χ2v) is 6.14. The van der Waals surface area contributed by atoms with E-state index >= 15 is 0 Å². The normalized spacial score (nSPS) is 15.9. The number of aryl methyl sites for hydroxylation is 1. The highest BCUT2D eigenvalue weighted by Crippen LogP contribution is 2.42. The lowest BCUT2D eigenvalue weighted by atomic mass is 10.0. The number of halogens is 3. The number of hydrogen-bond donors (Lipinski definition) is 0. The molecule has 9 heteroatoms. The summed E-state index contributed by atoms with van der Waals surface area (Å²) in [6.07, 6.45) is -4.71. The Morgan fingerprint density at radius 1 is 1.08 bits per heavy atom. The van der Waals surface area contributed by atoms with Crippen LogP contribution in [0.15, 0.2) is 30.3 Å². The maximum Gasteiger partial charge on any atom is 0.435 e. The number of thioether (sulfide) groups is 1. The van der Waals surface area contributed by atoms with E-state index in [0.29, 0.717) is 0 Å². The fraction of sp³-hybridized carbons (Fsp3) is 0.267. The first-order chi connectivity index (χ1) is 11.3. The predicted molar refractivity (Wildman–Crippen MR) is 83.5 cm³/mol. The Kier molecular flexibility index (Phi) is 4.12. The number of carbonyl (C=O) groups is 2. The summed E-state index contributed by atoms with van der Waals surface area (Å²) in [5.41, 5.74) is -1.14. The van der Waals surface area contributed by atoms with Crippen molar-refractivity contribution in [3.8, 4) is 11.1 Å². The van der Waals surface area contributed by atoms with Crippen molar-refractivity contribution in [2.24, 2.45) is 7.05 Å². The molecular weight excluding hydrogens is 343 g/mol. The van der Waals surface area contributed by atoms with Crippen LogP contribution in [0, 0.1) is 0 Å². The molecule has 1 aromatic carbocycles. The van der Waals surface area contributed by atoms with Gasteiger partial charge in [0.05, 0.1) is 17.1 Å². The third-order valence-corrected chi connectivity index (χ3v) is 4.41. The van der Waals surface area contributed by atoms with Gasteiger partial charge in [-0.2, -0.15) is 18.3 Å². The van der Waals surface area contributed by atoms with E-state index in [1.807, 2.05) is 0 Å². The van der Waals surface area contributed by atoms with E-state index in [2.05, 4.69) is 5.10 Å². The average molecular weight is 355 g/mol. The molecule has 2 amide bonds. The van der Waals surface area contributed by atoms with Gasteiger partial charge in [0.25, 0.3) is 0 Å². The molecule has 0 unspecified atom stereocenters. The van der Waals surface area contributed by atoms with E-state index in [-0.39, 0.29) is 28.5 Å². The van der Waals surface area contributed by atoms with Crippen molar-refractivity contribution in [2.45, 2.75) is 6.18 Å². The van der Waals surface area contributed by atoms with Crippen LogP contribution in [0.2, 0.25) is 0 Å². The molecule has 3 rings (SSSR count). The molecule has 0 saturated carbocycles. The predicted octanol–water partition coefficient (Wildman–Crippen LogP) is 2.71. The van der Waals surface area contributed by atoms with Gasteiger partial charge in [-0.25, -0.2) is 4.90 Å². The maximum absolute atomic E-state index is 13.4. The zero-order valence-corrected chi connectivity index (χ0v) is 13.3. The van der Waals surface area contributed by atoms with Crippen molar-refractivity contribution in [1.29, 1.82) is 0 Å². The van der Waals surface area contributed by atoms with Crippen LogP contribution in [0.5, 0.6) is 0 Å². The molecule has 0 atom stereocenters. The van der Waals surface area contributed by atoms with E-state index in [0.717, 1.165) is 21.3 Å². The largest absolute Gasteiger partial charge is 0.435 e. The number of rotatable bonds is 2. The number of anilines is 1. The van der Waals surface area contributed by atoms with Gasteiger partial charge in [0, 0.05) is 7.05 Å². The first-order valence-corrected chi connectivity index (χ1v) is 8.09. The zero-order chi connectivity index (χ0) is 17.5. The monoisotopic (exact) mass is 355 g/mol. The lowest BCUT2D eigenvalue weighted by Gasteiger charge is -2.25. The third kappa shape index (κ3) is 2.79. The van der Waals surface area contributed by atoms with E-state index in [1.54, 1.807) is 18.2 Å². The zero-order valence-electron chi connectivity index (χ0n) is 12.5.